The van der Waals surface area contributed by atoms with Gasteiger partial charge < -0.3 is 19.7 Å². The zero-order valence-corrected chi connectivity index (χ0v) is 18.6. The van der Waals surface area contributed by atoms with Gasteiger partial charge in [-0.3, -0.25) is 0 Å². The summed E-state index contributed by atoms with van der Waals surface area (Å²) in [6, 6.07) is 0. The Morgan fingerprint density at radius 2 is 1.44 bits per heavy atom. The Bertz CT molecular complexity index is 457. The van der Waals surface area contributed by atoms with Gasteiger partial charge >= 0.3 is 0 Å². The largest absolute Gasteiger partial charge is 0.396 e. The van der Waals surface area contributed by atoms with Crippen LogP contribution < -0.4 is 0 Å². The molecule has 2 fully saturated rings. The maximum Gasteiger partial charge on any atom is 0.163 e. The molecule has 0 aromatic carbocycles. The van der Waals surface area contributed by atoms with Gasteiger partial charge in [-0.05, 0) is 89.4 Å². The summed E-state index contributed by atoms with van der Waals surface area (Å²) >= 11 is 0. The van der Waals surface area contributed by atoms with Crippen LogP contribution in [0.2, 0.25) is 0 Å². The van der Waals surface area contributed by atoms with E-state index in [1.165, 1.54) is 12.8 Å². The van der Waals surface area contributed by atoms with Crippen LogP contribution in [0.15, 0.2) is 0 Å². The predicted octanol–water partition coefficient (Wildman–Crippen LogP) is 4.91. The van der Waals surface area contributed by atoms with Crippen LogP contribution in [0, 0.1) is 23.2 Å². The van der Waals surface area contributed by atoms with Crippen molar-refractivity contribution in [2.45, 2.75) is 110 Å². The zero-order chi connectivity index (χ0) is 20.3. The molecule has 0 radical (unpaired) electrons. The lowest BCUT2D eigenvalue weighted by molar-refractivity contribution is -0.297. The fraction of sp³-hybridized carbons (Fsp3) is 1.00. The Morgan fingerprint density at radius 1 is 0.815 bits per heavy atom. The molecule has 160 valence electrons. The second kappa shape index (κ2) is 9.11. The number of hydrogen-bond donors (Lipinski definition) is 2. The normalized spacial score (nSPS) is 31.1. The van der Waals surface area contributed by atoms with Gasteiger partial charge in [-0.1, -0.05) is 26.7 Å². The lowest BCUT2D eigenvalue weighted by Gasteiger charge is -2.46. The van der Waals surface area contributed by atoms with E-state index in [-0.39, 0.29) is 30.3 Å². The molecule has 27 heavy (non-hydrogen) atoms. The highest BCUT2D eigenvalue weighted by Gasteiger charge is 2.41. The van der Waals surface area contributed by atoms with Crippen molar-refractivity contribution >= 4 is 0 Å². The minimum Gasteiger partial charge on any atom is -0.396 e. The van der Waals surface area contributed by atoms with E-state index in [0.29, 0.717) is 17.8 Å². The van der Waals surface area contributed by atoms with E-state index in [2.05, 4.69) is 27.7 Å². The first-order valence-corrected chi connectivity index (χ1v) is 11.1. The van der Waals surface area contributed by atoms with E-state index < -0.39 is 5.79 Å². The van der Waals surface area contributed by atoms with Gasteiger partial charge in [-0.25, -0.2) is 0 Å². The number of aliphatic hydroxyl groups is 2. The molecular formula is C23H44O4. The van der Waals surface area contributed by atoms with Gasteiger partial charge in [-0.2, -0.15) is 0 Å². The van der Waals surface area contributed by atoms with Crippen molar-refractivity contribution in [1.29, 1.82) is 0 Å². The van der Waals surface area contributed by atoms with E-state index in [1.807, 2.05) is 13.8 Å². The van der Waals surface area contributed by atoms with Gasteiger partial charge in [0, 0.05) is 13.2 Å². The summed E-state index contributed by atoms with van der Waals surface area (Å²) in [5, 5.41) is 19.3. The van der Waals surface area contributed by atoms with Crippen molar-refractivity contribution in [3.8, 4) is 0 Å². The molecular weight excluding hydrogens is 340 g/mol. The Hall–Kier alpha value is -0.160. The fourth-order valence-corrected chi connectivity index (χ4v) is 5.32. The molecule has 4 nitrogen and oxygen atoms in total. The van der Waals surface area contributed by atoms with Crippen LogP contribution in [0.3, 0.4) is 0 Å². The Balaban J connectivity index is 1.95. The molecule has 2 N–H and O–H groups in total. The molecule has 0 aromatic rings. The number of aliphatic hydroxyl groups excluding tert-OH is 2. The van der Waals surface area contributed by atoms with Gasteiger partial charge in [-0.15, -0.1) is 0 Å². The second-order valence-electron chi connectivity index (χ2n) is 10.8. The van der Waals surface area contributed by atoms with E-state index >= 15 is 0 Å². The van der Waals surface area contributed by atoms with Crippen LogP contribution in [0.1, 0.15) is 92.9 Å². The smallest absolute Gasteiger partial charge is 0.163 e. The molecule has 2 saturated carbocycles. The third kappa shape index (κ3) is 6.42. The molecule has 4 heteroatoms. The zero-order valence-electron chi connectivity index (χ0n) is 18.6. The van der Waals surface area contributed by atoms with Gasteiger partial charge in [0.2, 0.25) is 0 Å². The molecule has 0 spiro atoms. The molecule has 4 unspecified atom stereocenters. The average molecular weight is 385 g/mol. The topological polar surface area (TPSA) is 58.9 Å². The first-order chi connectivity index (χ1) is 12.5. The first-order valence-electron chi connectivity index (χ1n) is 11.1. The van der Waals surface area contributed by atoms with Crippen LogP contribution in [-0.4, -0.2) is 40.9 Å². The number of rotatable bonds is 8. The van der Waals surface area contributed by atoms with E-state index in [1.54, 1.807) is 0 Å². The molecule has 0 aliphatic heterocycles. The van der Waals surface area contributed by atoms with Crippen LogP contribution in [0.25, 0.3) is 0 Å². The van der Waals surface area contributed by atoms with Crippen molar-refractivity contribution in [2.24, 2.45) is 23.2 Å². The number of ether oxygens (including phenoxy) is 2. The molecule has 0 saturated heterocycles. The molecule has 0 heterocycles. The standard InChI is InChI=1S/C23H44O4/c1-21(2,16-25)18-10-8-12-20(14-18)26-23(5,6)27-22(3,4)19-11-7-9-17(13-19)15-24/h17-20,24-25H,7-16H2,1-6H3. The summed E-state index contributed by atoms with van der Waals surface area (Å²) in [4.78, 5) is 0. The quantitative estimate of drug-likeness (QED) is 0.584. The van der Waals surface area contributed by atoms with Gasteiger partial charge in [0.25, 0.3) is 0 Å². The Morgan fingerprint density at radius 3 is 2.07 bits per heavy atom. The molecule has 0 bridgehead atoms. The molecule has 0 amide bonds. The highest BCUT2D eigenvalue weighted by Crippen LogP contribution is 2.42. The molecule has 2 rings (SSSR count). The van der Waals surface area contributed by atoms with Crippen molar-refractivity contribution in [3.63, 3.8) is 0 Å². The van der Waals surface area contributed by atoms with Gasteiger partial charge in [0.05, 0.1) is 11.7 Å². The fourth-order valence-electron chi connectivity index (χ4n) is 5.32. The van der Waals surface area contributed by atoms with Crippen LogP contribution in [0.5, 0.6) is 0 Å². The summed E-state index contributed by atoms with van der Waals surface area (Å²) in [7, 11) is 0. The summed E-state index contributed by atoms with van der Waals surface area (Å²) in [5.41, 5.74) is -0.316. The highest BCUT2D eigenvalue weighted by molar-refractivity contribution is 4.88. The first kappa shape index (κ1) is 23.1. The molecule has 4 atom stereocenters. The molecule has 0 aromatic heterocycles. The summed E-state index contributed by atoms with van der Waals surface area (Å²) < 4.78 is 13.0. The Labute approximate surface area is 167 Å². The lowest BCUT2D eigenvalue weighted by atomic mass is 9.71. The van der Waals surface area contributed by atoms with Crippen molar-refractivity contribution in [1.82, 2.24) is 0 Å². The Kier molecular flexibility index (Phi) is 7.80. The maximum absolute atomic E-state index is 9.72. The third-order valence-electron chi connectivity index (χ3n) is 7.12. The van der Waals surface area contributed by atoms with Crippen LogP contribution >= 0.6 is 0 Å². The lowest BCUT2D eigenvalue weighted by Crippen LogP contribution is -2.47. The monoisotopic (exact) mass is 384 g/mol. The van der Waals surface area contributed by atoms with Crippen LogP contribution in [-0.2, 0) is 9.47 Å². The summed E-state index contributed by atoms with van der Waals surface area (Å²) in [5.74, 6) is 0.730. The van der Waals surface area contributed by atoms with Crippen LogP contribution in [0.4, 0.5) is 0 Å². The summed E-state index contributed by atoms with van der Waals surface area (Å²) in [6.45, 7) is 13.3. The maximum atomic E-state index is 9.72. The highest BCUT2D eigenvalue weighted by atomic mass is 16.7. The minimum absolute atomic E-state index is 0.0479. The van der Waals surface area contributed by atoms with Crippen molar-refractivity contribution < 1.29 is 19.7 Å². The third-order valence-corrected chi connectivity index (χ3v) is 7.12. The van der Waals surface area contributed by atoms with E-state index in [4.69, 9.17) is 9.47 Å². The van der Waals surface area contributed by atoms with Gasteiger partial charge in [0.15, 0.2) is 5.79 Å². The van der Waals surface area contributed by atoms with Crippen molar-refractivity contribution in [2.75, 3.05) is 13.2 Å². The van der Waals surface area contributed by atoms with Gasteiger partial charge in [0.1, 0.15) is 0 Å². The molecule has 2 aliphatic carbocycles. The van der Waals surface area contributed by atoms with Crippen molar-refractivity contribution in [3.05, 3.63) is 0 Å². The SMILES string of the molecule is CC(C)(OC1CCCC(C(C)(C)CO)C1)OC(C)(C)C1CCCC(CO)C1. The number of hydrogen-bond acceptors (Lipinski definition) is 4. The van der Waals surface area contributed by atoms with E-state index in [0.717, 1.165) is 38.5 Å². The summed E-state index contributed by atoms with van der Waals surface area (Å²) in [6.07, 6.45) is 9.09. The van der Waals surface area contributed by atoms with E-state index in [9.17, 15) is 10.2 Å². The minimum atomic E-state index is -0.633. The molecule has 2 aliphatic rings. The predicted molar refractivity (Wildman–Crippen MR) is 109 cm³/mol. The second-order valence-corrected chi connectivity index (χ2v) is 10.8. The average Bonchev–Trinajstić information content (AvgIpc) is 2.60.